The number of pyridine rings is 1. The summed E-state index contributed by atoms with van der Waals surface area (Å²) in [6.45, 7) is 6.43. The van der Waals surface area contributed by atoms with E-state index in [-0.39, 0.29) is 11.7 Å². The predicted octanol–water partition coefficient (Wildman–Crippen LogP) is 4.51. The molecule has 0 radical (unpaired) electrons. The van der Waals surface area contributed by atoms with E-state index in [1.54, 1.807) is 22.9 Å². The van der Waals surface area contributed by atoms with E-state index in [1.165, 1.54) is 12.1 Å². The average Bonchev–Trinajstić information content (AvgIpc) is 3.08. The topological polar surface area (TPSA) is 69.0 Å². The normalized spacial score (nSPS) is 11.0. The highest BCUT2D eigenvalue weighted by molar-refractivity contribution is 6.06. The Morgan fingerprint density at radius 2 is 1.94 bits per heavy atom. The number of carbonyl (C=O) groups excluding carboxylic acids is 1. The van der Waals surface area contributed by atoms with Crippen molar-refractivity contribution in [2.45, 2.75) is 27.3 Å². The van der Waals surface area contributed by atoms with Gasteiger partial charge in [-0.2, -0.15) is 5.10 Å². The first kappa shape index (κ1) is 20.5. The highest BCUT2D eigenvalue weighted by atomic mass is 19.1. The number of amides is 1. The molecule has 2 aromatic heterocycles. The Kier molecular flexibility index (Phi) is 5.66. The van der Waals surface area contributed by atoms with Crippen LogP contribution in [0.25, 0.3) is 16.7 Å². The van der Waals surface area contributed by atoms with Crippen LogP contribution in [0, 0.1) is 19.7 Å². The van der Waals surface area contributed by atoms with E-state index >= 15 is 0 Å². The van der Waals surface area contributed by atoms with Gasteiger partial charge in [-0.3, -0.25) is 4.79 Å². The fraction of sp³-hybridized carbons (Fsp3) is 0.208. The second-order valence-corrected chi connectivity index (χ2v) is 7.21. The summed E-state index contributed by atoms with van der Waals surface area (Å²) in [7, 11) is 0. The second-order valence-electron chi connectivity index (χ2n) is 7.21. The summed E-state index contributed by atoms with van der Waals surface area (Å²) < 4.78 is 21.0. The van der Waals surface area contributed by atoms with E-state index in [9.17, 15) is 9.18 Å². The summed E-state index contributed by atoms with van der Waals surface area (Å²) in [6, 6.07) is 15.5. The molecule has 1 N–H and O–H groups in total. The number of nitrogens with one attached hydrogen (secondary N) is 1. The molecule has 0 bridgehead atoms. The number of hydrogen-bond acceptors (Lipinski definition) is 4. The number of ether oxygens (including phenoxy) is 1. The van der Waals surface area contributed by atoms with Gasteiger partial charge in [0, 0.05) is 17.8 Å². The molecule has 158 valence electrons. The molecular weight excluding hydrogens is 395 g/mol. The van der Waals surface area contributed by atoms with E-state index in [0.29, 0.717) is 46.8 Å². The minimum atomic E-state index is -0.364. The van der Waals surface area contributed by atoms with E-state index in [4.69, 9.17) is 4.74 Å². The van der Waals surface area contributed by atoms with Gasteiger partial charge in [-0.15, -0.1) is 0 Å². The third-order valence-electron chi connectivity index (χ3n) is 4.95. The summed E-state index contributed by atoms with van der Waals surface area (Å²) >= 11 is 0. The molecule has 0 aliphatic carbocycles. The van der Waals surface area contributed by atoms with Crippen LogP contribution in [-0.2, 0) is 6.54 Å². The zero-order valence-electron chi connectivity index (χ0n) is 17.6. The maximum Gasteiger partial charge on any atom is 0.252 e. The zero-order valence-corrected chi connectivity index (χ0v) is 17.6. The number of rotatable bonds is 6. The van der Waals surface area contributed by atoms with Crippen LogP contribution >= 0.6 is 0 Å². The molecule has 7 heteroatoms. The van der Waals surface area contributed by atoms with E-state index in [1.807, 2.05) is 45.0 Å². The summed E-state index contributed by atoms with van der Waals surface area (Å²) in [6.07, 6.45) is 0. The van der Waals surface area contributed by atoms with Crippen molar-refractivity contribution >= 4 is 16.9 Å². The molecule has 0 atom stereocenters. The summed E-state index contributed by atoms with van der Waals surface area (Å²) in [5.41, 5.74) is 3.76. The molecule has 2 aromatic carbocycles. The fourth-order valence-corrected chi connectivity index (χ4v) is 3.60. The molecule has 0 spiro atoms. The first-order valence-corrected chi connectivity index (χ1v) is 10.1. The van der Waals surface area contributed by atoms with Crippen LogP contribution in [0.15, 0.2) is 54.6 Å². The van der Waals surface area contributed by atoms with Gasteiger partial charge < -0.3 is 10.1 Å². The van der Waals surface area contributed by atoms with Gasteiger partial charge in [-0.05, 0) is 51.1 Å². The van der Waals surface area contributed by atoms with Crippen molar-refractivity contribution in [2.24, 2.45) is 0 Å². The fourth-order valence-electron chi connectivity index (χ4n) is 3.60. The number of carbonyl (C=O) groups is 1. The highest BCUT2D eigenvalue weighted by Crippen LogP contribution is 2.25. The molecule has 4 rings (SSSR count). The number of hydrogen-bond donors (Lipinski definition) is 1. The van der Waals surface area contributed by atoms with E-state index < -0.39 is 0 Å². The number of nitrogens with zero attached hydrogens (tertiary/aromatic N) is 3. The van der Waals surface area contributed by atoms with Crippen molar-refractivity contribution in [3.05, 3.63) is 82.9 Å². The van der Waals surface area contributed by atoms with Crippen molar-refractivity contribution in [2.75, 3.05) is 6.61 Å². The molecule has 0 aliphatic heterocycles. The van der Waals surface area contributed by atoms with Gasteiger partial charge in [0.15, 0.2) is 5.65 Å². The third-order valence-corrected chi connectivity index (χ3v) is 4.95. The Balaban J connectivity index is 1.70. The van der Waals surface area contributed by atoms with Gasteiger partial charge in [0.25, 0.3) is 5.91 Å². The smallest absolute Gasteiger partial charge is 0.252 e. The number of aromatic nitrogens is 3. The monoisotopic (exact) mass is 418 g/mol. The van der Waals surface area contributed by atoms with Crippen LogP contribution in [0.2, 0.25) is 0 Å². The molecule has 0 saturated heterocycles. The highest BCUT2D eigenvalue weighted by Gasteiger charge is 2.20. The first-order chi connectivity index (χ1) is 15.0. The van der Waals surface area contributed by atoms with Gasteiger partial charge in [-0.1, -0.05) is 24.3 Å². The molecule has 1 amide bonds. The molecule has 0 fully saturated rings. The summed E-state index contributed by atoms with van der Waals surface area (Å²) in [5, 5.41) is 8.15. The molecule has 31 heavy (non-hydrogen) atoms. The van der Waals surface area contributed by atoms with Crippen LogP contribution in [0.4, 0.5) is 4.39 Å². The van der Waals surface area contributed by atoms with Crippen molar-refractivity contribution in [1.82, 2.24) is 20.1 Å². The van der Waals surface area contributed by atoms with Crippen LogP contribution in [-0.4, -0.2) is 27.3 Å². The number of fused-ring (bicyclic) bond motifs is 1. The molecule has 0 saturated carbocycles. The Hall–Kier alpha value is -3.74. The van der Waals surface area contributed by atoms with Gasteiger partial charge in [0.2, 0.25) is 0 Å². The Bertz CT molecular complexity index is 1270. The maximum atomic E-state index is 13.8. The number of para-hydroxylation sites is 1. The van der Waals surface area contributed by atoms with Crippen LogP contribution in [0.3, 0.4) is 0 Å². The number of aryl methyl sites for hydroxylation is 2. The van der Waals surface area contributed by atoms with Crippen molar-refractivity contribution < 1.29 is 13.9 Å². The number of halogens is 1. The number of benzene rings is 2. The second kappa shape index (κ2) is 8.55. The molecule has 0 aliphatic rings. The average molecular weight is 418 g/mol. The largest absolute Gasteiger partial charge is 0.494 e. The molecule has 4 aromatic rings. The Labute approximate surface area is 179 Å². The lowest BCUT2D eigenvalue weighted by Crippen LogP contribution is -2.23. The van der Waals surface area contributed by atoms with Gasteiger partial charge in [0.1, 0.15) is 11.6 Å². The zero-order chi connectivity index (χ0) is 22.0. The van der Waals surface area contributed by atoms with Crippen LogP contribution in [0.5, 0.6) is 5.75 Å². The summed E-state index contributed by atoms with van der Waals surface area (Å²) in [4.78, 5) is 17.7. The lowest BCUT2D eigenvalue weighted by molar-refractivity contribution is 0.0952. The quantitative estimate of drug-likeness (QED) is 0.500. The lowest BCUT2D eigenvalue weighted by Gasteiger charge is -2.12. The van der Waals surface area contributed by atoms with Gasteiger partial charge in [0.05, 0.1) is 28.9 Å². The Morgan fingerprint density at radius 3 is 2.71 bits per heavy atom. The lowest BCUT2D eigenvalue weighted by atomic mass is 10.1. The minimum Gasteiger partial charge on any atom is -0.494 e. The molecule has 2 heterocycles. The van der Waals surface area contributed by atoms with E-state index in [2.05, 4.69) is 15.4 Å². The minimum absolute atomic E-state index is 0.233. The van der Waals surface area contributed by atoms with Crippen LogP contribution < -0.4 is 10.1 Å². The predicted molar refractivity (Wildman–Crippen MR) is 117 cm³/mol. The summed E-state index contributed by atoms with van der Waals surface area (Å²) in [5.74, 6) is 0.151. The molecule has 0 unspecified atom stereocenters. The first-order valence-electron chi connectivity index (χ1n) is 10.1. The van der Waals surface area contributed by atoms with E-state index in [0.717, 1.165) is 11.3 Å². The van der Waals surface area contributed by atoms with Gasteiger partial charge >= 0.3 is 0 Å². The molecular formula is C24H23FN4O2. The maximum absolute atomic E-state index is 13.8. The van der Waals surface area contributed by atoms with Crippen molar-refractivity contribution in [3.63, 3.8) is 0 Å². The Morgan fingerprint density at radius 1 is 1.13 bits per heavy atom. The van der Waals surface area contributed by atoms with Crippen LogP contribution in [0.1, 0.15) is 34.2 Å². The standard InChI is InChI=1S/C24H23FN4O2/c1-4-31-21-11-6-5-8-17(21)14-26-24(30)20-12-15(2)27-23-22(20)16(3)28-29(23)19-10-7-9-18(25)13-19/h5-13H,4,14H2,1-3H3,(H,26,30). The van der Waals surface area contributed by atoms with Crippen molar-refractivity contribution in [3.8, 4) is 11.4 Å². The molecule has 6 nitrogen and oxygen atoms in total. The van der Waals surface area contributed by atoms with Crippen molar-refractivity contribution in [1.29, 1.82) is 0 Å². The van der Waals surface area contributed by atoms with Gasteiger partial charge in [-0.25, -0.2) is 14.1 Å². The third kappa shape index (κ3) is 4.12. The SMILES string of the molecule is CCOc1ccccc1CNC(=O)c1cc(C)nc2c1c(C)nn2-c1cccc(F)c1.